The third-order valence-corrected chi connectivity index (χ3v) is 15.4. The normalized spacial score (nSPS) is 17.3. The third kappa shape index (κ3) is 3.25. The zero-order chi connectivity index (χ0) is 20.7. The van der Waals surface area contributed by atoms with Gasteiger partial charge in [0.05, 0.1) is 4.90 Å². The largest absolute Gasteiger partial charge is 0.359 e. The quantitative estimate of drug-likeness (QED) is 0.600. The minimum atomic E-state index is -3.49. The molecule has 0 saturated carbocycles. The molecular formula is C21H35N3O2SSi. The molecule has 3 heterocycles. The average molecular weight is 422 g/mol. The molecule has 0 N–H and O–H groups in total. The Labute approximate surface area is 171 Å². The molecule has 0 atom stereocenters. The first kappa shape index (κ1) is 21.5. The van der Waals surface area contributed by atoms with E-state index in [2.05, 4.69) is 57.0 Å². The van der Waals surface area contributed by atoms with Crippen LogP contribution in [0.15, 0.2) is 29.4 Å². The maximum Gasteiger partial charge on any atom is 0.243 e. The SMILES string of the molecule is CC(C)[Si](C(C)C)(C(C)C)n1ccc2c(S(=O)(=O)N3CCCCC3)ccnc21. The molecule has 0 unspecified atom stereocenters. The number of piperidine rings is 1. The van der Waals surface area contributed by atoms with Crippen molar-refractivity contribution in [1.29, 1.82) is 0 Å². The molecule has 0 bridgehead atoms. The van der Waals surface area contributed by atoms with Gasteiger partial charge in [0.2, 0.25) is 10.0 Å². The minimum Gasteiger partial charge on any atom is -0.359 e. The standard InChI is InChI=1S/C21H35N3O2SSi/c1-16(2)28(17(3)4,18(5)6)24-15-11-19-20(10-12-22-21(19)24)27(25,26)23-13-8-7-9-14-23/h10-12,15-18H,7-9,13-14H2,1-6H3. The van der Waals surface area contributed by atoms with E-state index in [0.717, 1.165) is 30.3 Å². The fourth-order valence-corrected chi connectivity index (χ4v) is 13.9. The lowest BCUT2D eigenvalue weighted by molar-refractivity contribution is 0.347. The van der Waals surface area contributed by atoms with E-state index in [1.54, 1.807) is 16.6 Å². The molecule has 0 aromatic carbocycles. The van der Waals surface area contributed by atoms with E-state index in [1.807, 2.05) is 6.07 Å². The van der Waals surface area contributed by atoms with Gasteiger partial charge in [-0.3, -0.25) is 0 Å². The first-order chi connectivity index (χ1) is 13.1. The van der Waals surface area contributed by atoms with Crippen LogP contribution in [0.3, 0.4) is 0 Å². The van der Waals surface area contributed by atoms with E-state index in [9.17, 15) is 8.42 Å². The Morgan fingerprint density at radius 3 is 2.04 bits per heavy atom. The van der Waals surface area contributed by atoms with Crippen LogP contribution in [-0.4, -0.2) is 43.3 Å². The predicted molar refractivity (Wildman–Crippen MR) is 119 cm³/mol. The van der Waals surface area contributed by atoms with E-state index < -0.39 is 18.3 Å². The molecule has 1 aliphatic rings. The molecule has 5 nitrogen and oxygen atoms in total. The van der Waals surface area contributed by atoms with Crippen molar-refractivity contribution >= 4 is 29.3 Å². The lowest BCUT2D eigenvalue weighted by Crippen LogP contribution is -2.51. The summed E-state index contributed by atoms with van der Waals surface area (Å²) < 4.78 is 30.8. The zero-order valence-corrected chi connectivity index (χ0v) is 20.0. The predicted octanol–water partition coefficient (Wildman–Crippen LogP) is 5.23. The van der Waals surface area contributed by atoms with Crippen molar-refractivity contribution in [1.82, 2.24) is 13.5 Å². The van der Waals surface area contributed by atoms with Crippen LogP contribution in [-0.2, 0) is 10.0 Å². The average Bonchev–Trinajstić information content (AvgIpc) is 3.06. The summed E-state index contributed by atoms with van der Waals surface area (Å²) in [5.74, 6) is 0. The van der Waals surface area contributed by atoms with E-state index >= 15 is 0 Å². The summed E-state index contributed by atoms with van der Waals surface area (Å²) in [5.41, 5.74) is 2.40. The van der Waals surface area contributed by atoms with Crippen molar-refractivity contribution in [2.75, 3.05) is 13.1 Å². The molecule has 1 aliphatic heterocycles. The Kier molecular flexibility index (Phi) is 6.09. The third-order valence-electron chi connectivity index (χ3n) is 6.67. The van der Waals surface area contributed by atoms with Gasteiger partial charge < -0.3 is 4.23 Å². The summed E-state index contributed by atoms with van der Waals surface area (Å²) in [6.45, 7) is 15.1. The summed E-state index contributed by atoms with van der Waals surface area (Å²) in [4.78, 5) is 5.10. The smallest absolute Gasteiger partial charge is 0.243 e. The molecule has 2 aromatic rings. The van der Waals surface area contributed by atoms with Crippen LogP contribution in [0.25, 0.3) is 11.0 Å². The summed E-state index contributed by atoms with van der Waals surface area (Å²) >= 11 is 0. The highest BCUT2D eigenvalue weighted by atomic mass is 32.2. The molecule has 2 aromatic heterocycles. The Bertz CT molecular complexity index is 906. The lowest BCUT2D eigenvalue weighted by atomic mass is 10.2. The van der Waals surface area contributed by atoms with Gasteiger partial charge in [0.25, 0.3) is 0 Å². The number of hydrogen-bond donors (Lipinski definition) is 0. The molecular weight excluding hydrogens is 386 g/mol. The molecule has 7 heteroatoms. The van der Waals surface area contributed by atoms with Crippen molar-refractivity contribution in [3.63, 3.8) is 0 Å². The monoisotopic (exact) mass is 421 g/mol. The fourth-order valence-electron chi connectivity index (χ4n) is 5.63. The molecule has 0 amide bonds. The summed E-state index contributed by atoms with van der Waals surface area (Å²) in [6.07, 6.45) is 6.78. The van der Waals surface area contributed by atoms with Crippen LogP contribution in [0.5, 0.6) is 0 Å². The molecule has 0 spiro atoms. The van der Waals surface area contributed by atoms with Crippen molar-refractivity contribution < 1.29 is 8.42 Å². The second-order valence-corrected chi connectivity index (χ2v) is 16.7. The highest BCUT2D eigenvalue weighted by molar-refractivity contribution is 7.89. The second-order valence-electron chi connectivity index (χ2n) is 9.05. The number of hydrogen-bond acceptors (Lipinski definition) is 3. The molecule has 1 fully saturated rings. The number of nitrogens with zero attached hydrogens (tertiary/aromatic N) is 3. The Hall–Kier alpha value is -1.18. The summed E-state index contributed by atoms with van der Waals surface area (Å²) in [7, 11) is -5.48. The highest BCUT2D eigenvalue weighted by Gasteiger charge is 2.46. The minimum absolute atomic E-state index is 0.414. The first-order valence-electron chi connectivity index (χ1n) is 10.6. The van der Waals surface area contributed by atoms with Crippen molar-refractivity contribution in [2.24, 2.45) is 0 Å². The highest BCUT2D eigenvalue weighted by Crippen LogP contribution is 2.44. The number of rotatable bonds is 6. The molecule has 28 heavy (non-hydrogen) atoms. The molecule has 1 saturated heterocycles. The van der Waals surface area contributed by atoms with Gasteiger partial charge in [-0.1, -0.05) is 48.0 Å². The summed E-state index contributed by atoms with van der Waals surface area (Å²) in [5, 5.41) is 0.770. The van der Waals surface area contributed by atoms with E-state index in [-0.39, 0.29) is 0 Å². The van der Waals surface area contributed by atoms with Crippen LogP contribution in [0.2, 0.25) is 16.6 Å². The maximum absolute atomic E-state index is 13.4. The number of fused-ring (bicyclic) bond motifs is 1. The van der Waals surface area contributed by atoms with E-state index in [4.69, 9.17) is 0 Å². The number of sulfonamides is 1. The van der Waals surface area contributed by atoms with Crippen molar-refractivity contribution in [3.8, 4) is 0 Å². The number of pyridine rings is 1. The van der Waals surface area contributed by atoms with Crippen LogP contribution in [0, 0.1) is 0 Å². The Morgan fingerprint density at radius 2 is 1.50 bits per heavy atom. The number of aromatic nitrogens is 2. The first-order valence-corrected chi connectivity index (χ1v) is 14.2. The van der Waals surface area contributed by atoms with E-state index in [0.29, 0.717) is 34.6 Å². The van der Waals surface area contributed by atoms with Crippen molar-refractivity contribution in [2.45, 2.75) is 82.3 Å². The van der Waals surface area contributed by atoms with Crippen molar-refractivity contribution in [3.05, 3.63) is 24.5 Å². The maximum atomic E-state index is 13.4. The molecule has 156 valence electrons. The van der Waals surface area contributed by atoms with Gasteiger partial charge in [0, 0.05) is 24.7 Å². The Balaban J connectivity index is 2.21. The van der Waals surface area contributed by atoms with Crippen LogP contribution in [0.1, 0.15) is 60.8 Å². The summed E-state index contributed by atoms with van der Waals surface area (Å²) in [6, 6.07) is 3.66. The lowest BCUT2D eigenvalue weighted by Gasteiger charge is -2.44. The Morgan fingerprint density at radius 1 is 0.929 bits per heavy atom. The molecule has 3 rings (SSSR count). The van der Waals surface area contributed by atoms with E-state index in [1.165, 1.54) is 0 Å². The van der Waals surface area contributed by atoms with Gasteiger partial charge in [-0.2, -0.15) is 4.31 Å². The molecule has 0 aliphatic carbocycles. The van der Waals surface area contributed by atoms with Gasteiger partial charge in [-0.05, 0) is 47.8 Å². The van der Waals surface area contributed by atoms with Crippen LogP contribution in [0.4, 0.5) is 0 Å². The van der Waals surface area contributed by atoms with Crippen LogP contribution < -0.4 is 0 Å². The fraction of sp³-hybridized carbons (Fsp3) is 0.667. The van der Waals surface area contributed by atoms with Gasteiger partial charge in [-0.25, -0.2) is 13.4 Å². The second kappa shape index (κ2) is 7.92. The van der Waals surface area contributed by atoms with Crippen LogP contribution >= 0.6 is 0 Å². The topological polar surface area (TPSA) is 55.2 Å². The van der Waals surface area contributed by atoms with Gasteiger partial charge in [-0.15, -0.1) is 0 Å². The van der Waals surface area contributed by atoms with Gasteiger partial charge in [0.15, 0.2) is 8.24 Å². The van der Waals surface area contributed by atoms with Gasteiger partial charge >= 0.3 is 0 Å². The zero-order valence-electron chi connectivity index (χ0n) is 18.1. The molecule has 0 radical (unpaired) electrons. The van der Waals surface area contributed by atoms with Gasteiger partial charge in [0.1, 0.15) is 5.65 Å².